The normalized spacial score (nSPS) is 11.9. The standard InChI is InChI=1S/C19H19FN4O3/c1-12-18(22-23-24(12)15-7-4-8-16(10-15)27-2)19(26)21-11-17(25)13-5-3-6-14(20)9-13/h3-10,17,25H,11H2,1-2H3,(H,21,26). The number of carbonyl (C=O) groups is 1. The van der Waals surface area contributed by atoms with E-state index in [0.29, 0.717) is 22.7 Å². The smallest absolute Gasteiger partial charge is 0.273 e. The predicted molar refractivity (Wildman–Crippen MR) is 96.3 cm³/mol. The summed E-state index contributed by atoms with van der Waals surface area (Å²) in [5, 5.41) is 20.7. The number of hydrogen-bond acceptors (Lipinski definition) is 5. The molecule has 0 spiro atoms. The summed E-state index contributed by atoms with van der Waals surface area (Å²) in [5.41, 5.74) is 1.77. The maximum Gasteiger partial charge on any atom is 0.273 e. The molecule has 0 aliphatic heterocycles. The Kier molecular flexibility index (Phi) is 5.46. The van der Waals surface area contributed by atoms with Crippen molar-refractivity contribution in [3.05, 3.63) is 71.3 Å². The van der Waals surface area contributed by atoms with E-state index in [4.69, 9.17) is 4.74 Å². The first-order valence-electron chi connectivity index (χ1n) is 8.28. The van der Waals surface area contributed by atoms with Crippen LogP contribution >= 0.6 is 0 Å². The van der Waals surface area contributed by atoms with Crippen LogP contribution in [0, 0.1) is 12.7 Å². The van der Waals surface area contributed by atoms with Gasteiger partial charge in [-0.2, -0.15) is 0 Å². The lowest BCUT2D eigenvalue weighted by atomic mass is 10.1. The van der Waals surface area contributed by atoms with Crippen molar-refractivity contribution in [1.82, 2.24) is 20.3 Å². The van der Waals surface area contributed by atoms with E-state index in [0.717, 1.165) is 0 Å². The molecule has 1 atom stereocenters. The van der Waals surface area contributed by atoms with Crippen molar-refractivity contribution in [3.63, 3.8) is 0 Å². The molecule has 0 radical (unpaired) electrons. The number of carbonyl (C=O) groups excluding carboxylic acids is 1. The number of amides is 1. The van der Waals surface area contributed by atoms with Gasteiger partial charge in [0, 0.05) is 12.6 Å². The molecule has 3 rings (SSSR count). The zero-order valence-corrected chi connectivity index (χ0v) is 14.9. The number of methoxy groups -OCH3 is 1. The van der Waals surface area contributed by atoms with Crippen LogP contribution in [0.3, 0.4) is 0 Å². The molecule has 7 nitrogen and oxygen atoms in total. The Hall–Kier alpha value is -3.26. The number of hydrogen-bond donors (Lipinski definition) is 2. The average molecular weight is 370 g/mol. The second-order valence-electron chi connectivity index (χ2n) is 5.92. The molecule has 27 heavy (non-hydrogen) atoms. The first-order valence-corrected chi connectivity index (χ1v) is 8.28. The minimum atomic E-state index is -1.03. The number of benzene rings is 2. The summed E-state index contributed by atoms with van der Waals surface area (Å²) in [6, 6.07) is 12.8. The molecule has 1 unspecified atom stereocenters. The van der Waals surface area contributed by atoms with Crippen LogP contribution in [0.25, 0.3) is 5.69 Å². The Labute approximate surface area is 155 Å². The third kappa shape index (κ3) is 4.12. The second-order valence-corrected chi connectivity index (χ2v) is 5.92. The van der Waals surface area contributed by atoms with Gasteiger partial charge in [0.15, 0.2) is 5.69 Å². The maximum absolute atomic E-state index is 13.2. The predicted octanol–water partition coefficient (Wildman–Crippen LogP) is 2.19. The van der Waals surface area contributed by atoms with Gasteiger partial charge < -0.3 is 15.2 Å². The minimum Gasteiger partial charge on any atom is -0.497 e. The Morgan fingerprint density at radius 3 is 2.81 bits per heavy atom. The Morgan fingerprint density at radius 1 is 1.30 bits per heavy atom. The van der Waals surface area contributed by atoms with Gasteiger partial charge in [-0.05, 0) is 36.8 Å². The highest BCUT2D eigenvalue weighted by molar-refractivity contribution is 5.93. The van der Waals surface area contributed by atoms with Gasteiger partial charge in [0.2, 0.25) is 0 Å². The van der Waals surface area contributed by atoms with Crippen LogP contribution < -0.4 is 10.1 Å². The number of nitrogens with zero attached hydrogens (tertiary/aromatic N) is 3. The van der Waals surface area contributed by atoms with E-state index in [2.05, 4.69) is 15.6 Å². The summed E-state index contributed by atoms with van der Waals surface area (Å²) in [6.07, 6.45) is -1.03. The number of aliphatic hydroxyl groups is 1. The SMILES string of the molecule is COc1cccc(-n2nnc(C(=O)NCC(O)c3cccc(F)c3)c2C)c1. The van der Waals surface area contributed by atoms with Gasteiger partial charge in [-0.25, -0.2) is 9.07 Å². The van der Waals surface area contributed by atoms with Gasteiger partial charge in [0.25, 0.3) is 5.91 Å². The van der Waals surface area contributed by atoms with Gasteiger partial charge in [-0.15, -0.1) is 5.10 Å². The van der Waals surface area contributed by atoms with Crippen LogP contribution in [0.5, 0.6) is 5.75 Å². The fourth-order valence-electron chi connectivity index (χ4n) is 2.63. The molecule has 0 saturated carbocycles. The summed E-state index contributed by atoms with van der Waals surface area (Å²) in [4.78, 5) is 12.4. The first kappa shape index (κ1) is 18.5. The highest BCUT2D eigenvalue weighted by atomic mass is 19.1. The summed E-state index contributed by atoms with van der Waals surface area (Å²) < 4.78 is 20.0. The van der Waals surface area contributed by atoms with Crippen molar-refractivity contribution in [2.75, 3.05) is 13.7 Å². The van der Waals surface area contributed by atoms with Crippen molar-refractivity contribution >= 4 is 5.91 Å². The van der Waals surface area contributed by atoms with E-state index in [1.807, 2.05) is 12.1 Å². The number of aliphatic hydroxyl groups excluding tert-OH is 1. The number of aromatic nitrogens is 3. The summed E-state index contributed by atoms with van der Waals surface area (Å²) in [5.74, 6) is -0.265. The molecule has 1 aromatic heterocycles. The Morgan fingerprint density at radius 2 is 2.07 bits per heavy atom. The third-order valence-corrected chi connectivity index (χ3v) is 4.10. The lowest BCUT2D eigenvalue weighted by Gasteiger charge is -2.12. The van der Waals surface area contributed by atoms with Crippen molar-refractivity contribution < 1.29 is 19.0 Å². The number of ether oxygens (including phenoxy) is 1. The molecule has 2 aromatic carbocycles. The van der Waals surface area contributed by atoms with Crippen molar-refractivity contribution in [2.45, 2.75) is 13.0 Å². The van der Waals surface area contributed by atoms with Crippen LogP contribution in [0.4, 0.5) is 4.39 Å². The summed E-state index contributed by atoms with van der Waals surface area (Å²) >= 11 is 0. The van der Waals surface area contributed by atoms with E-state index in [1.54, 1.807) is 32.2 Å². The fourth-order valence-corrected chi connectivity index (χ4v) is 2.63. The minimum absolute atomic E-state index is 0.0756. The monoisotopic (exact) mass is 370 g/mol. The quantitative estimate of drug-likeness (QED) is 0.694. The molecule has 0 aliphatic rings. The van der Waals surface area contributed by atoms with Crippen molar-refractivity contribution in [3.8, 4) is 11.4 Å². The van der Waals surface area contributed by atoms with E-state index >= 15 is 0 Å². The molecule has 2 N–H and O–H groups in total. The highest BCUT2D eigenvalue weighted by Crippen LogP contribution is 2.18. The highest BCUT2D eigenvalue weighted by Gasteiger charge is 2.19. The molecule has 0 saturated heterocycles. The number of nitrogens with one attached hydrogen (secondary N) is 1. The van der Waals surface area contributed by atoms with Crippen LogP contribution in [0.2, 0.25) is 0 Å². The van der Waals surface area contributed by atoms with E-state index in [9.17, 15) is 14.3 Å². The molecule has 1 heterocycles. The first-order chi connectivity index (χ1) is 13.0. The van der Waals surface area contributed by atoms with Crippen LogP contribution in [0.15, 0.2) is 48.5 Å². The Bertz CT molecular complexity index is 958. The molecule has 140 valence electrons. The van der Waals surface area contributed by atoms with Crippen LogP contribution in [-0.2, 0) is 0 Å². The molecular weight excluding hydrogens is 351 g/mol. The van der Waals surface area contributed by atoms with Gasteiger partial charge in [0.1, 0.15) is 11.6 Å². The zero-order valence-electron chi connectivity index (χ0n) is 14.9. The largest absolute Gasteiger partial charge is 0.497 e. The molecule has 8 heteroatoms. The van der Waals surface area contributed by atoms with Crippen molar-refractivity contribution in [2.24, 2.45) is 0 Å². The molecule has 1 amide bonds. The average Bonchev–Trinajstić information content (AvgIpc) is 3.07. The number of halogens is 1. The van der Waals surface area contributed by atoms with Gasteiger partial charge in [-0.3, -0.25) is 4.79 Å². The Balaban J connectivity index is 1.71. The summed E-state index contributed by atoms with van der Waals surface area (Å²) in [7, 11) is 1.57. The van der Waals surface area contributed by atoms with Gasteiger partial charge in [0.05, 0.1) is 24.6 Å². The fraction of sp³-hybridized carbons (Fsp3) is 0.211. The summed E-state index contributed by atoms with van der Waals surface area (Å²) in [6.45, 7) is 1.64. The number of rotatable bonds is 6. The lowest BCUT2D eigenvalue weighted by Crippen LogP contribution is -2.29. The third-order valence-electron chi connectivity index (χ3n) is 4.10. The van der Waals surface area contributed by atoms with E-state index < -0.39 is 17.8 Å². The molecular formula is C19H19FN4O3. The van der Waals surface area contributed by atoms with E-state index in [-0.39, 0.29) is 12.2 Å². The molecule has 0 aliphatic carbocycles. The molecule has 3 aromatic rings. The van der Waals surface area contributed by atoms with Gasteiger partial charge in [-0.1, -0.05) is 23.4 Å². The topological polar surface area (TPSA) is 89.3 Å². The lowest BCUT2D eigenvalue weighted by molar-refractivity contribution is 0.0910. The maximum atomic E-state index is 13.2. The van der Waals surface area contributed by atoms with E-state index in [1.165, 1.54) is 22.9 Å². The zero-order chi connectivity index (χ0) is 19.4. The van der Waals surface area contributed by atoms with Crippen LogP contribution in [0.1, 0.15) is 27.8 Å². The van der Waals surface area contributed by atoms with Crippen LogP contribution in [-0.4, -0.2) is 39.7 Å². The van der Waals surface area contributed by atoms with Gasteiger partial charge >= 0.3 is 0 Å². The molecule has 0 bridgehead atoms. The second kappa shape index (κ2) is 7.96. The van der Waals surface area contributed by atoms with Crippen molar-refractivity contribution in [1.29, 1.82) is 0 Å². The molecule has 0 fully saturated rings.